The number of carbonyl (C=O) groups is 1. The summed E-state index contributed by atoms with van der Waals surface area (Å²) in [4.78, 5) is 20.0. The average molecular weight is 294 g/mol. The molecular formula is C13H14N2O2S2. The van der Waals surface area contributed by atoms with Crippen LogP contribution in [0.1, 0.15) is 20.5 Å². The highest BCUT2D eigenvalue weighted by Crippen LogP contribution is 2.27. The van der Waals surface area contributed by atoms with Gasteiger partial charge in [0.25, 0.3) is 0 Å². The minimum Gasteiger partial charge on any atom is -0.480 e. The maximum Gasteiger partial charge on any atom is 0.317 e. The molecule has 0 aromatic carbocycles. The van der Waals surface area contributed by atoms with E-state index in [4.69, 9.17) is 10.1 Å². The van der Waals surface area contributed by atoms with Crippen LogP contribution in [-0.4, -0.2) is 34.0 Å². The molecule has 0 bridgehead atoms. The molecule has 0 saturated carbocycles. The molecule has 0 aliphatic carbocycles. The first kappa shape index (κ1) is 12.8. The first-order valence-electron chi connectivity index (χ1n) is 6.14. The molecule has 3 heterocycles. The highest BCUT2D eigenvalue weighted by molar-refractivity contribution is 7.12. The van der Waals surface area contributed by atoms with Gasteiger partial charge in [0.05, 0.1) is 17.2 Å². The van der Waals surface area contributed by atoms with Crippen molar-refractivity contribution < 1.29 is 9.90 Å². The molecule has 1 N–H and O–H groups in total. The molecule has 100 valence electrons. The number of fused-ring (bicyclic) bond motifs is 1. The van der Waals surface area contributed by atoms with Gasteiger partial charge in [-0.1, -0.05) is 6.07 Å². The van der Waals surface area contributed by atoms with E-state index in [2.05, 4.69) is 17.5 Å². The van der Waals surface area contributed by atoms with Gasteiger partial charge in [-0.2, -0.15) is 0 Å². The van der Waals surface area contributed by atoms with E-state index < -0.39 is 5.97 Å². The number of hydrogen-bond donors (Lipinski definition) is 1. The van der Waals surface area contributed by atoms with Crippen molar-refractivity contribution >= 4 is 28.6 Å². The zero-order chi connectivity index (χ0) is 13.2. The topological polar surface area (TPSA) is 53.4 Å². The maximum atomic E-state index is 10.7. The normalized spacial score (nSPS) is 15.4. The van der Waals surface area contributed by atoms with Gasteiger partial charge >= 0.3 is 5.97 Å². The lowest BCUT2D eigenvalue weighted by Crippen LogP contribution is -2.34. The zero-order valence-corrected chi connectivity index (χ0v) is 12.0. The van der Waals surface area contributed by atoms with Gasteiger partial charge in [0.2, 0.25) is 0 Å². The van der Waals surface area contributed by atoms with Crippen molar-refractivity contribution in [1.82, 2.24) is 9.88 Å². The smallest absolute Gasteiger partial charge is 0.317 e. The van der Waals surface area contributed by atoms with Crippen LogP contribution in [0.5, 0.6) is 0 Å². The Labute approximate surface area is 119 Å². The minimum absolute atomic E-state index is 0.123. The number of hydrogen-bond acceptors (Lipinski definition) is 5. The van der Waals surface area contributed by atoms with Crippen LogP contribution >= 0.6 is 22.7 Å². The summed E-state index contributed by atoms with van der Waals surface area (Å²) in [6.45, 7) is 1.64. The van der Waals surface area contributed by atoms with E-state index in [0.717, 1.165) is 36.6 Å². The first-order valence-corrected chi connectivity index (χ1v) is 7.84. The lowest BCUT2D eigenvalue weighted by atomic mass is 10.2. The molecule has 0 atom stereocenters. The standard InChI is InChI=1S/C13H14N2O2S2/c16-13(17)8-15-4-3-10-11(7-15)19-12(14-10)6-9-2-1-5-18-9/h1-2,5H,3-4,6-8H2,(H,16,17). The summed E-state index contributed by atoms with van der Waals surface area (Å²) in [6.07, 6.45) is 1.76. The first-order chi connectivity index (χ1) is 9.20. The van der Waals surface area contributed by atoms with Crippen molar-refractivity contribution in [3.63, 3.8) is 0 Å². The van der Waals surface area contributed by atoms with Crippen molar-refractivity contribution in [2.45, 2.75) is 19.4 Å². The molecule has 0 amide bonds. The summed E-state index contributed by atoms with van der Waals surface area (Å²) in [5.74, 6) is -0.758. The summed E-state index contributed by atoms with van der Waals surface area (Å²) < 4.78 is 0. The second kappa shape index (κ2) is 5.40. The third-order valence-electron chi connectivity index (χ3n) is 3.12. The van der Waals surface area contributed by atoms with Crippen molar-refractivity contribution in [3.8, 4) is 0 Å². The van der Waals surface area contributed by atoms with E-state index in [1.807, 2.05) is 4.90 Å². The van der Waals surface area contributed by atoms with Gasteiger partial charge in [0.1, 0.15) is 0 Å². The fourth-order valence-corrected chi connectivity index (χ4v) is 4.25. The number of carboxylic acid groups (broad SMARTS) is 1. The third kappa shape index (κ3) is 3.02. The fourth-order valence-electron chi connectivity index (χ4n) is 2.27. The number of thiophene rings is 1. The van der Waals surface area contributed by atoms with Crippen LogP contribution in [0.4, 0.5) is 0 Å². The summed E-state index contributed by atoms with van der Waals surface area (Å²) >= 11 is 3.48. The Balaban J connectivity index is 1.71. The highest BCUT2D eigenvalue weighted by atomic mass is 32.1. The Bertz CT molecular complexity index is 577. The summed E-state index contributed by atoms with van der Waals surface area (Å²) in [5, 5.41) is 12.1. The second-order valence-electron chi connectivity index (χ2n) is 4.59. The van der Waals surface area contributed by atoms with E-state index in [1.54, 1.807) is 22.7 Å². The summed E-state index contributed by atoms with van der Waals surface area (Å²) in [5.41, 5.74) is 1.16. The molecule has 6 heteroatoms. The lowest BCUT2D eigenvalue weighted by Gasteiger charge is -2.23. The molecular weight excluding hydrogens is 280 g/mol. The maximum absolute atomic E-state index is 10.7. The minimum atomic E-state index is -0.758. The van der Waals surface area contributed by atoms with Crippen LogP contribution in [0.3, 0.4) is 0 Å². The van der Waals surface area contributed by atoms with Gasteiger partial charge in [0.15, 0.2) is 0 Å². The van der Waals surface area contributed by atoms with E-state index in [-0.39, 0.29) is 6.54 Å². The van der Waals surface area contributed by atoms with Crippen LogP contribution in [-0.2, 0) is 24.2 Å². The molecule has 0 saturated heterocycles. The Hall–Kier alpha value is -1.24. The Morgan fingerprint density at radius 3 is 3.16 bits per heavy atom. The average Bonchev–Trinajstić information content (AvgIpc) is 2.97. The Morgan fingerprint density at radius 2 is 2.42 bits per heavy atom. The van der Waals surface area contributed by atoms with Gasteiger partial charge in [-0.3, -0.25) is 9.69 Å². The molecule has 1 aliphatic heterocycles. The van der Waals surface area contributed by atoms with Gasteiger partial charge < -0.3 is 5.11 Å². The van der Waals surface area contributed by atoms with E-state index >= 15 is 0 Å². The largest absolute Gasteiger partial charge is 0.480 e. The molecule has 3 rings (SSSR count). The summed E-state index contributed by atoms with van der Waals surface area (Å²) in [7, 11) is 0. The van der Waals surface area contributed by atoms with E-state index in [0.29, 0.717) is 0 Å². The van der Waals surface area contributed by atoms with Crippen LogP contribution in [0, 0.1) is 0 Å². The summed E-state index contributed by atoms with van der Waals surface area (Å²) in [6, 6.07) is 4.18. The van der Waals surface area contributed by atoms with Crippen LogP contribution in [0.15, 0.2) is 17.5 Å². The van der Waals surface area contributed by atoms with Gasteiger partial charge in [-0.25, -0.2) is 4.98 Å². The molecule has 0 unspecified atom stereocenters. The fraction of sp³-hybridized carbons (Fsp3) is 0.385. The van der Waals surface area contributed by atoms with Gasteiger partial charge in [-0.05, 0) is 11.4 Å². The molecule has 2 aromatic heterocycles. The number of aliphatic carboxylic acids is 1. The number of aromatic nitrogens is 1. The molecule has 0 spiro atoms. The third-order valence-corrected chi connectivity index (χ3v) is 5.08. The Morgan fingerprint density at radius 1 is 1.53 bits per heavy atom. The van der Waals surface area contributed by atoms with Crippen LogP contribution in [0.2, 0.25) is 0 Å². The second-order valence-corrected chi connectivity index (χ2v) is 6.79. The monoisotopic (exact) mass is 294 g/mol. The predicted molar refractivity (Wildman–Crippen MR) is 75.9 cm³/mol. The molecule has 0 radical (unpaired) electrons. The quantitative estimate of drug-likeness (QED) is 0.939. The number of nitrogens with zero attached hydrogens (tertiary/aromatic N) is 2. The number of carboxylic acids is 1. The van der Waals surface area contributed by atoms with E-state index in [9.17, 15) is 4.79 Å². The predicted octanol–water partition coefficient (Wildman–Crippen LogP) is 2.24. The molecule has 0 fully saturated rings. The highest BCUT2D eigenvalue weighted by Gasteiger charge is 2.22. The molecule has 19 heavy (non-hydrogen) atoms. The number of rotatable bonds is 4. The van der Waals surface area contributed by atoms with Gasteiger partial charge in [0, 0.05) is 35.7 Å². The van der Waals surface area contributed by atoms with Crippen molar-refractivity contribution in [2.75, 3.05) is 13.1 Å². The van der Waals surface area contributed by atoms with Crippen molar-refractivity contribution in [2.24, 2.45) is 0 Å². The lowest BCUT2D eigenvalue weighted by molar-refractivity contribution is -0.138. The van der Waals surface area contributed by atoms with Crippen molar-refractivity contribution in [1.29, 1.82) is 0 Å². The zero-order valence-electron chi connectivity index (χ0n) is 10.3. The molecule has 2 aromatic rings. The van der Waals surface area contributed by atoms with Crippen LogP contribution in [0.25, 0.3) is 0 Å². The molecule has 4 nitrogen and oxygen atoms in total. The van der Waals surface area contributed by atoms with E-state index in [1.165, 1.54) is 9.75 Å². The van der Waals surface area contributed by atoms with Crippen LogP contribution < -0.4 is 0 Å². The Kier molecular flexibility index (Phi) is 3.63. The van der Waals surface area contributed by atoms with Crippen molar-refractivity contribution in [3.05, 3.63) is 38.0 Å². The molecule has 1 aliphatic rings. The number of thiazole rings is 1. The van der Waals surface area contributed by atoms with Gasteiger partial charge in [-0.15, -0.1) is 22.7 Å². The SMILES string of the molecule is O=C(O)CN1CCc2nc(Cc3cccs3)sc2C1.